The van der Waals surface area contributed by atoms with E-state index in [2.05, 4.69) is 37.2 Å². The summed E-state index contributed by atoms with van der Waals surface area (Å²) in [4.78, 5) is 46.6. The normalized spacial score (nSPS) is 23.3. The van der Waals surface area contributed by atoms with E-state index in [1.54, 1.807) is 36.3 Å². The van der Waals surface area contributed by atoms with Gasteiger partial charge in [0.15, 0.2) is 5.60 Å². The molecule has 56 heavy (non-hydrogen) atoms. The first-order valence-corrected chi connectivity index (χ1v) is 22.4. The number of rotatable bonds is 10. The van der Waals surface area contributed by atoms with E-state index in [1.807, 2.05) is 72.8 Å². The molecular weight excluding hydrogens is 725 g/mol. The molecule has 0 unspecified atom stereocenters. The van der Waals surface area contributed by atoms with Crippen molar-refractivity contribution in [3.63, 3.8) is 0 Å². The average molecular weight is 773 g/mol. The Morgan fingerprint density at radius 2 is 1.71 bits per heavy atom. The third kappa shape index (κ3) is 6.11. The fraction of sp³-hybridized carbons (Fsp3) is 0.364. The summed E-state index contributed by atoms with van der Waals surface area (Å²) in [5.74, 6) is 0.764. The highest BCUT2D eigenvalue weighted by molar-refractivity contribution is 6.91. The van der Waals surface area contributed by atoms with Crippen molar-refractivity contribution in [2.45, 2.75) is 69.1 Å². The van der Waals surface area contributed by atoms with Crippen LogP contribution in [0.5, 0.6) is 11.5 Å². The summed E-state index contributed by atoms with van der Waals surface area (Å²) < 4.78 is 19.8. The molecule has 1 N–H and O–H groups in total. The van der Waals surface area contributed by atoms with Gasteiger partial charge in [-0.25, -0.2) is 0 Å². The van der Waals surface area contributed by atoms with E-state index >= 15 is 4.79 Å². The van der Waals surface area contributed by atoms with Gasteiger partial charge < -0.3 is 29.1 Å². The standard InChI is InChI=1S/C44H48N4O7Si/c1-28-41(56(4,5)35-18-15-33(53-2)16-19-35)39(24-40(50)46-21-9-13-32(46)27-49)55-44(28)37-23-34(54-3)17-20-38(37)47(43(44)52)26-29-10-8-12-31(22-29)48-42(51)36-14-7-6-11-30(36)25-45-48/h6-8,10-12,14-20,22-23,25,28,32,39,41,49H,9,13,21,24,26-27H2,1-5H3/t28-,32-,39+,41-,44+/m0/s1. The number of hydrogen-bond donors (Lipinski definition) is 1. The number of anilines is 1. The molecule has 0 bridgehead atoms. The van der Waals surface area contributed by atoms with Crippen molar-refractivity contribution in [3.05, 3.63) is 119 Å². The second-order valence-electron chi connectivity index (χ2n) is 15.8. The number of ether oxygens (including phenoxy) is 3. The highest BCUT2D eigenvalue weighted by Gasteiger charge is 2.66. The summed E-state index contributed by atoms with van der Waals surface area (Å²) in [5, 5.41) is 17.1. The van der Waals surface area contributed by atoms with Crippen molar-refractivity contribution in [2.24, 2.45) is 5.92 Å². The Bertz CT molecular complexity index is 2360. The lowest BCUT2D eigenvalue weighted by Crippen LogP contribution is -2.52. The summed E-state index contributed by atoms with van der Waals surface area (Å²) in [7, 11) is 0.737. The van der Waals surface area contributed by atoms with Gasteiger partial charge in [0.25, 0.3) is 11.5 Å². The molecule has 2 amide bonds. The van der Waals surface area contributed by atoms with Gasteiger partial charge in [-0.15, -0.1) is 0 Å². The Kier molecular flexibility index (Phi) is 9.84. The van der Waals surface area contributed by atoms with Crippen LogP contribution in [0.2, 0.25) is 18.6 Å². The Hall–Kier alpha value is -5.30. The lowest BCUT2D eigenvalue weighted by Gasteiger charge is -2.37. The Labute approximate surface area is 327 Å². The van der Waals surface area contributed by atoms with Gasteiger partial charge in [-0.1, -0.05) is 67.7 Å². The van der Waals surface area contributed by atoms with Crippen LogP contribution in [-0.2, 0) is 26.5 Å². The molecule has 8 rings (SSSR count). The first kappa shape index (κ1) is 37.6. The maximum Gasteiger partial charge on any atom is 0.279 e. The molecule has 0 saturated carbocycles. The molecular formula is C44H48N4O7Si. The molecule has 0 aliphatic carbocycles. The first-order valence-electron chi connectivity index (χ1n) is 19.3. The molecule has 290 valence electrons. The lowest BCUT2D eigenvalue weighted by atomic mass is 9.82. The van der Waals surface area contributed by atoms with E-state index in [-0.39, 0.29) is 54.4 Å². The maximum absolute atomic E-state index is 15.4. The van der Waals surface area contributed by atoms with Crippen LogP contribution in [0.1, 0.15) is 37.3 Å². The van der Waals surface area contributed by atoms with Crippen LogP contribution in [0.4, 0.5) is 5.69 Å². The topological polar surface area (TPSA) is 123 Å². The van der Waals surface area contributed by atoms with Gasteiger partial charge in [-0.05, 0) is 72.5 Å². The minimum Gasteiger partial charge on any atom is -0.497 e. The van der Waals surface area contributed by atoms with Crippen molar-refractivity contribution in [3.8, 4) is 17.2 Å². The second-order valence-corrected chi connectivity index (χ2v) is 20.5. The van der Waals surface area contributed by atoms with E-state index < -0.39 is 19.8 Å². The third-order valence-corrected chi connectivity index (χ3v) is 16.9. The molecule has 3 aliphatic rings. The van der Waals surface area contributed by atoms with Crippen LogP contribution in [0.25, 0.3) is 16.5 Å². The van der Waals surface area contributed by atoms with Gasteiger partial charge in [0.1, 0.15) is 11.5 Å². The van der Waals surface area contributed by atoms with Crippen LogP contribution >= 0.6 is 0 Å². The number of carbonyl (C=O) groups excluding carboxylic acids is 2. The average Bonchev–Trinajstić information content (AvgIpc) is 3.88. The fourth-order valence-corrected chi connectivity index (χ4v) is 13.7. The van der Waals surface area contributed by atoms with E-state index in [1.165, 1.54) is 9.87 Å². The lowest BCUT2D eigenvalue weighted by molar-refractivity contribution is -0.150. The van der Waals surface area contributed by atoms with E-state index in [9.17, 15) is 14.7 Å². The molecule has 4 heterocycles. The highest BCUT2D eigenvalue weighted by atomic mass is 28.3. The summed E-state index contributed by atoms with van der Waals surface area (Å²) in [6.45, 7) is 7.41. The zero-order valence-corrected chi connectivity index (χ0v) is 33.5. The molecule has 1 aromatic heterocycles. The molecule has 2 saturated heterocycles. The highest BCUT2D eigenvalue weighted by Crippen LogP contribution is 2.60. The number of fused-ring (bicyclic) bond motifs is 3. The number of likely N-dealkylation sites (tertiary alicyclic amines) is 1. The van der Waals surface area contributed by atoms with E-state index in [4.69, 9.17) is 14.2 Å². The van der Waals surface area contributed by atoms with Gasteiger partial charge in [-0.3, -0.25) is 14.4 Å². The smallest absolute Gasteiger partial charge is 0.279 e. The minimum atomic E-state index is -2.51. The molecule has 0 radical (unpaired) electrons. The largest absolute Gasteiger partial charge is 0.497 e. The zero-order valence-electron chi connectivity index (χ0n) is 32.5. The SMILES string of the molecule is COc1ccc([Si](C)(C)[C@@H]2[C@@H](CC(=O)N3CCC[C@H]3CO)O[C@]3(C(=O)N(Cc4cccc(-n5ncc6ccccc6c5=O)c4)c4ccc(OC)cc43)[C@H]2C)cc1. The molecule has 5 aromatic rings. The summed E-state index contributed by atoms with van der Waals surface area (Å²) in [5.41, 5.74) is 1.06. The predicted molar refractivity (Wildman–Crippen MR) is 218 cm³/mol. The molecule has 11 nitrogen and oxygen atoms in total. The molecule has 3 aliphatic heterocycles. The molecule has 12 heteroatoms. The Morgan fingerprint density at radius 3 is 2.46 bits per heavy atom. The summed E-state index contributed by atoms with van der Waals surface area (Å²) in [6.07, 6.45) is 2.81. The van der Waals surface area contributed by atoms with Crippen molar-refractivity contribution in [2.75, 3.05) is 32.3 Å². The van der Waals surface area contributed by atoms with E-state index in [0.29, 0.717) is 34.6 Å². The van der Waals surface area contributed by atoms with Crippen molar-refractivity contribution >= 4 is 41.5 Å². The Balaban J connectivity index is 1.20. The van der Waals surface area contributed by atoms with Gasteiger partial charge >= 0.3 is 0 Å². The number of methoxy groups -OCH3 is 2. The number of carbonyl (C=O) groups is 2. The summed E-state index contributed by atoms with van der Waals surface area (Å²) >= 11 is 0. The van der Waals surface area contributed by atoms with Crippen molar-refractivity contribution in [1.29, 1.82) is 0 Å². The minimum absolute atomic E-state index is 0.0668. The first-order chi connectivity index (χ1) is 27.0. The third-order valence-electron chi connectivity index (χ3n) is 12.5. The number of benzene rings is 4. The van der Waals surface area contributed by atoms with Crippen LogP contribution in [0, 0.1) is 5.92 Å². The quantitative estimate of drug-likeness (QED) is 0.184. The number of aromatic nitrogens is 2. The number of aliphatic hydroxyl groups excluding tert-OH is 1. The van der Waals surface area contributed by atoms with Crippen LogP contribution in [0.3, 0.4) is 0 Å². The van der Waals surface area contributed by atoms with Crippen LogP contribution < -0.4 is 25.1 Å². The van der Waals surface area contributed by atoms with E-state index in [0.717, 1.165) is 29.5 Å². The van der Waals surface area contributed by atoms with Gasteiger partial charge in [-0.2, -0.15) is 9.78 Å². The van der Waals surface area contributed by atoms with Gasteiger partial charge in [0.2, 0.25) is 5.91 Å². The molecule has 5 atom stereocenters. The van der Waals surface area contributed by atoms with Crippen molar-refractivity contribution in [1.82, 2.24) is 14.7 Å². The van der Waals surface area contributed by atoms with Crippen molar-refractivity contribution < 1.29 is 28.9 Å². The number of hydrogen-bond acceptors (Lipinski definition) is 8. The van der Waals surface area contributed by atoms with Crippen LogP contribution in [0.15, 0.2) is 102 Å². The van der Waals surface area contributed by atoms with Crippen LogP contribution in [-0.4, -0.2) is 79.2 Å². The Morgan fingerprint density at radius 1 is 0.964 bits per heavy atom. The predicted octanol–water partition coefficient (Wildman–Crippen LogP) is 5.54. The summed E-state index contributed by atoms with van der Waals surface area (Å²) in [6, 6.07) is 28.5. The van der Waals surface area contributed by atoms with Gasteiger partial charge in [0, 0.05) is 23.4 Å². The maximum atomic E-state index is 15.4. The fourth-order valence-electron chi connectivity index (χ4n) is 9.66. The molecule has 2 fully saturated rings. The molecule has 1 spiro atoms. The number of nitrogens with zero attached hydrogens (tertiary/aromatic N) is 4. The monoisotopic (exact) mass is 772 g/mol. The number of amides is 2. The second kappa shape index (κ2) is 14.6. The number of aliphatic hydroxyl groups is 1. The van der Waals surface area contributed by atoms with Gasteiger partial charge in [0.05, 0.1) is 77.0 Å². The molecule has 4 aromatic carbocycles. The zero-order chi connectivity index (χ0) is 39.4.